The second-order valence-electron chi connectivity index (χ2n) is 4.82. The number of benzene rings is 2. The van der Waals surface area contributed by atoms with Crippen molar-refractivity contribution in [1.29, 1.82) is 0 Å². The van der Waals surface area contributed by atoms with Gasteiger partial charge in [0, 0.05) is 6.54 Å². The van der Waals surface area contributed by atoms with Gasteiger partial charge < -0.3 is 15.6 Å². The summed E-state index contributed by atoms with van der Waals surface area (Å²) in [6.45, 7) is 0.549. The number of H-pyrrole nitrogens is 1. The summed E-state index contributed by atoms with van der Waals surface area (Å²) in [4.78, 5) is 7.51. The first-order valence-corrected chi connectivity index (χ1v) is 7.36. The Bertz CT molecular complexity index is 766. The fourth-order valence-corrected chi connectivity index (χ4v) is 2.37. The smallest absolute Gasteiger partial charge is 0.207 e. The van der Waals surface area contributed by atoms with Gasteiger partial charge in [-0.05, 0) is 42.4 Å². The number of nitrogens with one attached hydrogen (secondary N) is 3. The Labute approximate surface area is 132 Å². The number of fused-ring (bicyclic) bond motifs is 1. The third-order valence-corrected chi connectivity index (χ3v) is 3.51. The molecular weight excluding hydrogens is 299 g/mol. The van der Waals surface area contributed by atoms with Crippen LogP contribution >= 0.6 is 12.2 Å². The molecule has 1 heterocycles. The summed E-state index contributed by atoms with van der Waals surface area (Å²) in [6, 6.07) is 14.5. The van der Waals surface area contributed by atoms with Crippen LogP contribution in [0.5, 0.6) is 0 Å². The number of imidazole rings is 1. The van der Waals surface area contributed by atoms with Crippen molar-refractivity contribution in [3.8, 4) is 0 Å². The number of rotatable bonds is 4. The highest BCUT2D eigenvalue weighted by Gasteiger charge is 2.04. The van der Waals surface area contributed by atoms with Crippen molar-refractivity contribution in [2.45, 2.75) is 6.42 Å². The van der Waals surface area contributed by atoms with Gasteiger partial charge in [0.2, 0.25) is 5.95 Å². The third-order valence-electron chi connectivity index (χ3n) is 3.26. The maximum absolute atomic E-state index is 13.5. The van der Waals surface area contributed by atoms with Crippen LogP contribution in [-0.2, 0) is 6.42 Å². The molecule has 112 valence electrons. The number of aromatic nitrogens is 2. The van der Waals surface area contributed by atoms with E-state index in [0.717, 1.165) is 11.0 Å². The van der Waals surface area contributed by atoms with Crippen LogP contribution in [0.3, 0.4) is 0 Å². The second-order valence-corrected chi connectivity index (χ2v) is 5.23. The molecule has 0 saturated heterocycles. The highest BCUT2D eigenvalue weighted by molar-refractivity contribution is 7.80. The fraction of sp³-hybridized carbons (Fsp3) is 0.125. The van der Waals surface area contributed by atoms with E-state index in [1.54, 1.807) is 12.1 Å². The Morgan fingerprint density at radius 1 is 1.14 bits per heavy atom. The maximum Gasteiger partial charge on any atom is 0.207 e. The average Bonchev–Trinajstić information content (AvgIpc) is 2.91. The molecule has 6 heteroatoms. The van der Waals surface area contributed by atoms with Gasteiger partial charge in [0.15, 0.2) is 5.11 Å². The monoisotopic (exact) mass is 314 g/mol. The quantitative estimate of drug-likeness (QED) is 0.647. The highest BCUT2D eigenvalue weighted by atomic mass is 32.1. The largest absolute Gasteiger partial charge is 0.362 e. The van der Waals surface area contributed by atoms with E-state index in [2.05, 4.69) is 20.6 Å². The molecule has 1 aromatic heterocycles. The van der Waals surface area contributed by atoms with Crippen molar-refractivity contribution in [3.63, 3.8) is 0 Å². The number of halogens is 1. The van der Waals surface area contributed by atoms with E-state index in [4.69, 9.17) is 12.2 Å². The summed E-state index contributed by atoms with van der Waals surface area (Å²) in [7, 11) is 0. The first-order valence-electron chi connectivity index (χ1n) is 6.95. The molecule has 3 rings (SSSR count). The molecule has 0 unspecified atom stereocenters. The summed E-state index contributed by atoms with van der Waals surface area (Å²) >= 11 is 5.21. The lowest BCUT2D eigenvalue weighted by Crippen LogP contribution is -2.30. The third kappa shape index (κ3) is 3.40. The first kappa shape index (κ1) is 14.5. The average molecular weight is 314 g/mol. The van der Waals surface area contributed by atoms with Crippen molar-refractivity contribution in [3.05, 3.63) is 59.9 Å². The van der Waals surface area contributed by atoms with Crippen LogP contribution in [0.15, 0.2) is 48.5 Å². The second kappa shape index (κ2) is 6.53. The van der Waals surface area contributed by atoms with Crippen LogP contribution in [-0.4, -0.2) is 21.6 Å². The molecule has 0 spiro atoms. The lowest BCUT2D eigenvalue weighted by Gasteiger charge is -2.08. The Morgan fingerprint density at radius 3 is 2.73 bits per heavy atom. The summed E-state index contributed by atoms with van der Waals surface area (Å²) in [5.41, 5.74) is 2.49. The summed E-state index contributed by atoms with van der Waals surface area (Å²) in [5, 5.41) is 6.49. The maximum atomic E-state index is 13.5. The van der Waals surface area contributed by atoms with Crippen LogP contribution in [0.4, 0.5) is 10.3 Å². The minimum absolute atomic E-state index is 0.194. The molecule has 0 fully saturated rings. The zero-order chi connectivity index (χ0) is 15.4. The van der Waals surface area contributed by atoms with Gasteiger partial charge in [-0.15, -0.1) is 0 Å². The zero-order valence-corrected chi connectivity index (χ0v) is 12.6. The predicted molar refractivity (Wildman–Crippen MR) is 90.4 cm³/mol. The minimum atomic E-state index is -0.194. The van der Waals surface area contributed by atoms with Gasteiger partial charge in [-0.1, -0.05) is 30.3 Å². The first-order chi connectivity index (χ1) is 10.7. The molecule has 0 bridgehead atoms. The molecule has 0 atom stereocenters. The van der Waals surface area contributed by atoms with Gasteiger partial charge in [-0.25, -0.2) is 9.37 Å². The highest BCUT2D eigenvalue weighted by Crippen LogP contribution is 2.13. The van der Waals surface area contributed by atoms with Crippen molar-refractivity contribution in [2.24, 2.45) is 0 Å². The van der Waals surface area contributed by atoms with Crippen LogP contribution in [0.1, 0.15) is 5.56 Å². The van der Waals surface area contributed by atoms with Crippen LogP contribution < -0.4 is 10.6 Å². The number of hydrogen-bond acceptors (Lipinski definition) is 2. The molecule has 0 aliphatic carbocycles. The predicted octanol–water partition coefficient (Wildman–Crippen LogP) is 3.23. The Hall–Kier alpha value is -2.47. The van der Waals surface area contributed by atoms with Gasteiger partial charge in [0.25, 0.3) is 0 Å². The van der Waals surface area contributed by atoms with E-state index in [9.17, 15) is 4.39 Å². The van der Waals surface area contributed by atoms with E-state index in [-0.39, 0.29) is 5.82 Å². The molecule has 3 N–H and O–H groups in total. The van der Waals surface area contributed by atoms with Gasteiger partial charge >= 0.3 is 0 Å². The number of thiocarbonyl (C=S) groups is 1. The lowest BCUT2D eigenvalue weighted by molar-refractivity contribution is 0.607. The molecule has 2 aromatic carbocycles. The molecule has 3 aromatic rings. The van der Waals surface area contributed by atoms with Crippen molar-refractivity contribution in [2.75, 3.05) is 11.9 Å². The summed E-state index contributed by atoms with van der Waals surface area (Å²) in [5.74, 6) is 0.394. The lowest BCUT2D eigenvalue weighted by atomic mass is 10.1. The normalized spacial score (nSPS) is 10.6. The number of aromatic amines is 1. The van der Waals surface area contributed by atoms with Crippen LogP contribution in [0.2, 0.25) is 0 Å². The number of hydrogen-bond donors (Lipinski definition) is 3. The number of para-hydroxylation sites is 2. The molecule has 0 radical (unpaired) electrons. The van der Waals surface area contributed by atoms with Crippen molar-refractivity contribution >= 4 is 34.3 Å². The van der Waals surface area contributed by atoms with E-state index >= 15 is 0 Å². The van der Waals surface area contributed by atoms with Gasteiger partial charge in [-0.2, -0.15) is 0 Å². The molecule has 0 aliphatic rings. The molecule has 4 nitrogen and oxygen atoms in total. The van der Waals surface area contributed by atoms with Gasteiger partial charge in [0.1, 0.15) is 5.82 Å². The van der Waals surface area contributed by atoms with Gasteiger partial charge in [-0.3, -0.25) is 0 Å². The van der Waals surface area contributed by atoms with Crippen molar-refractivity contribution in [1.82, 2.24) is 15.3 Å². The van der Waals surface area contributed by atoms with E-state index in [1.165, 1.54) is 6.07 Å². The van der Waals surface area contributed by atoms with Gasteiger partial charge in [0.05, 0.1) is 11.0 Å². The summed E-state index contributed by atoms with van der Waals surface area (Å²) in [6.07, 6.45) is 0.564. The topological polar surface area (TPSA) is 52.7 Å². The fourth-order valence-electron chi connectivity index (χ4n) is 2.18. The Balaban J connectivity index is 1.53. The van der Waals surface area contributed by atoms with Crippen LogP contribution in [0.25, 0.3) is 11.0 Å². The van der Waals surface area contributed by atoms with Crippen LogP contribution in [0, 0.1) is 5.82 Å². The standard InChI is InChI=1S/C16H15FN4S/c17-12-6-2-1-5-11(12)9-10-18-16(22)21-15-19-13-7-3-4-8-14(13)20-15/h1-8H,9-10H2,(H3,18,19,20,21,22). The minimum Gasteiger partial charge on any atom is -0.362 e. The van der Waals surface area contributed by atoms with E-state index in [1.807, 2.05) is 30.3 Å². The molecule has 0 amide bonds. The zero-order valence-electron chi connectivity index (χ0n) is 11.8. The number of nitrogens with zero attached hydrogens (tertiary/aromatic N) is 1. The van der Waals surface area contributed by atoms with Crippen molar-refractivity contribution < 1.29 is 4.39 Å². The van der Waals surface area contributed by atoms with E-state index in [0.29, 0.717) is 29.6 Å². The number of anilines is 1. The van der Waals surface area contributed by atoms with E-state index < -0.39 is 0 Å². The Kier molecular flexibility index (Phi) is 4.29. The molecular formula is C16H15FN4S. The summed E-state index contributed by atoms with van der Waals surface area (Å²) < 4.78 is 13.5. The molecule has 0 saturated carbocycles. The Morgan fingerprint density at radius 2 is 1.91 bits per heavy atom. The SMILES string of the molecule is Fc1ccccc1CCNC(=S)Nc1nc2ccccc2[nH]1. The molecule has 0 aliphatic heterocycles. The molecule has 22 heavy (non-hydrogen) atoms.